The van der Waals surface area contributed by atoms with Gasteiger partial charge in [-0.2, -0.15) is 5.10 Å². The Bertz CT molecular complexity index is 802. The molecule has 3 amide bonds. The van der Waals surface area contributed by atoms with Crippen molar-refractivity contribution in [3.05, 3.63) is 35.9 Å². The Morgan fingerprint density at radius 1 is 1.30 bits per heavy atom. The highest BCUT2D eigenvalue weighted by molar-refractivity contribution is 5.99. The summed E-state index contributed by atoms with van der Waals surface area (Å²) in [7, 11) is 4.80. The molecule has 0 saturated heterocycles. The Kier molecular flexibility index (Phi) is 6.75. The number of nitrogens with one attached hydrogen (secondary N) is 3. The third-order valence-electron chi connectivity index (χ3n) is 4.00. The molecule has 0 spiro atoms. The molecule has 0 aliphatic carbocycles. The van der Waals surface area contributed by atoms with Crippen LogP contribution in [0.5, 0.6) is 5.75 Å². The molecule has 27 heavy (non-hydrogen) atoms. The Labute approximate surface area is 158 Å². The van der Waals surface area contributed by atoms with Crippen LogP contribution in [-0.2, 0) is 7.05 Å². The van der Waals surface area contributed by atoms with Gasteiger partial charge < -0.3 is 20.7 Å². The molecule has 0 bridgehead atoms. The van der Waals surface area contributed by atoms with Crippen molar-refractivity contribution in [2.45, 2.75) is 26.3 Å². The summed E-state index contributed by atoms with van der Waals surface area (Å²) in [6.07, 6.45) is 2.17. The van der Waals surface area contributed by atoms with Gasteiger partial charge in [0.1, 0.15) is 17.9 Å². The number of nitrogens with zero attached hydrogens (tertiary/aromatic N) is 3. The molecule has 2 aromatic rings. The molecule has 146 valence electrons. The summed E-state index contributed by atoms with van der Waals surface area (Å²) in [5.41, 5.74) is 0.818. The second-order valence-corrected chi connectivity index (χ2v) is 6.52. The zero-order valence-corrected chi connectivity index (χ0v) is 16.2. The molecule has 2 rings (SSSR count). The second-order valence-electron chi connectivity index (χ2n) is 6.52. The molecule has 0 aliphatic rings. The lowest BCUT2D eigenvalue weighted by atomic mass is 10.0. The summed E-state index contributed by atoms with van der Waals surface area (Å²) in [4.78, 5) is 28.7. The number of ether oxygens (including phenoxy) is 1. The van der Waals surface area contributed by atoms with Crippen LogP contribution in [0.1, 0.15) is 42.5 Å². The topological polar surface area (TPSA) is 110 Å². The Balaban J connectivity index is 2.15. The summed E-state index contributed by atoms with van der Waals surface area (Å²) >= 11 is 0. The van der Waals surface area contributed by atoms with Crippen molar-refractivity contribution in [2.24, 2.45) is 13.0 Å². The zero-order chi connectivity index (χ0) is 20.0. The lowest BCUT2D eigenvalue weighted by Crippen LogP contribution is -2.34. The fourth-order valence-corrected chi connectivity index (χ4v) is 2.74. The number of carbonyl (C=O) groups is 2. The number of hydrogen-bond acceptors (Lipinski definition) is 5. The van der Waals surface area contributed by atoms with E-state index in [9.17, 15) is 9.59 Å². The van der Waals surface area contributed by atoms with Crippen LogP contribution in [0.15, 0.2) is 24.5 Å². The van der Waals surface area contributed by atoms with Gasteiger partial charge in [0.05, 0.1) is 18.7 Å². The van der Waals surface area contributed by atoms with Crippen LogP contribution >= 0.6 is 0 Å². The third kappa shape index (κ3) is 5.19. The smallest absolute Gasteiger partial charge is 0.319 e. The number of methoxy groups -OCH3 is 1. The van der Waals surface area contributed by atoms with E-state index in [4.69, 9.17) is 4.74 Å². The number of anilines is 1. The van der Waals surface area contributed by atoms with Gasteiger partial charge in [0.25, 0.3) is 5.91 Å². The number of benzene rings is 1. The predicted octanol–water partition coefficient (Wildman–Crippen LogP) is 2.09. The van der Waals surface area contributed by atoms with Crippen molar-refractivity contribution in [3.8, 4) is 5.75 Å². The zero-order valence-electron chi connectivity index (χ0n) is 16.2. The van der Waals surface area contributed by atoms with Gasteiger partial charge in [-0.3, -0.25) is 9.48 Å². The number of carbonyl (C=O) groups excluding carboxylic acids is 2. The summed E-state index contributed by atoms with van der Waals surface area (Å²) in [5.74, 6) is 1.16. The first-order chi connectivity index (χ1) is 12.8. The predicted molar refractivity (Wildman–Crippen MR) is 102 cm³/mol. The minimum Gasteiger partial charge on any atom is -0.496 e. The monoisotopic (exact) mass is 374 g/mol. The van der Waals surface area contributed by atoms with E-state index in [1.165, 1.54) is 20.5 Å². The highest BCUT2D eigenvalue weighted by Crippen LogP contribution is 2.23. The molecule has 1 aromatic heterocycles. The first-order valence-corrected chi connectivity index (χ1v) is 8.67. The second kappa shape index (κ2) is 9.02. The van der Waals surface area contributed by atoms with E-state index in [0.717, 1.165) is 0 Å². The quantitative estimate of drug-likeness (QED) is 0.687. The van der Waals surface area contributed by atoms with Crippen molar-refractivity contribution < 1.29 is 14.3 Å². The van der Waals surface area contributed by atoms with Crippen LogP contribution in [0.25, 0.3) is 0 Å². The van der Waals surface area contributed by atoms with E-state index in [1.54, 1.807) is 29.9 Å². The maximum atomic E-state index is 12.5. The van der Waals surface area contributed by atoms with Gasteiger partial charge in [-0.25, -0.2) is 9.78 Å². The molecule has 3 N–H and O–H groups in total. The number of rotatable bonds is 7. The van der Waals surface area contributed by atoms with E-state index in [2.05, 4.69) is 39.9 Å². The molecule has 1 aromatic carbocycles. The van der Waals surface area contributed by atoms with Crippen molar-refractivity contribution in [1.82, 2.24) is 25.4 Å². The molecule has 0 fully saturated rings. The lowest BCUT2D eigenvalue weighted by molar-refractivity contribution is 0.0960. The maximum Gasteiger partial charge on any atom is 0.319 e. The fourth-order valence-electron chi connectivity index (χ4n) is 2.74. The SMILES string of the molecule is CNC(=O)c1cc(NC(=O)N[C@H](CC(C)C)c2ncnn2C)ccc1OC. The Hall–Kier alpha value is -3.10. The number of amides is 3. The summed E-state index contributed by atoms with van der Waals surface area (Å²) in [5, 5.41) is 12.3. The Morgan fingerprint density at radius 3 is 2.59 bits per heavy atom. The van der Waals surface area contributed by atoms with Gasteiger partial charge in [-0.15, -0.1) is 0 Å². The van der Waals surface area contributed by atoms with Gasteiger partial charge in [0.15, 0.2) is 0 Å². The van der Waals surface area contributed by atoms with Gasteiger partial charge in [-0.1, -0.05) is 13.8 Å². The minimum absolute atomic E-state index is 0.283. The highest BCUT2D eigenvalue weighted by atomic mass is 16.5. The normalized spacial score (nSPS) is 11.8. The van der Waals surface area contributed by atoms with Crippen LogP contribution in [0, 0.1) is 5.92 Å². The summed E-state index contributed by atoms with van der Waals surface area (Å²) < 4.78 is 6.83. The standard InChI is InChI=1S/C18H26N6O3/c1-11(2)8-14(16-20-10-21-24(16)4)23-18(26)22-12-6-7-15(27-5)13(9-12)17(25)19-3/h6-7,9-11,14H,8H2,1-5H3,(H,19,25)(H2,22,23,26)/t14-/m1/s1. The van der Waals surface area contributed by atoms with Crippen LogP contribution in [0.2, 0.25) is 0 Å². The molecule has 9 nitrogen and oxygen atoms in total. The molecule has 0 aliphatic heterocycles. The van der Waals surface area contributed by atoms with E-state index in [1.807, 2.05) is 0 Å². The van der Waals surface area contributed by atoms with E-state index in [0.29, 0.717) is 35.2 Å². The highest BCUT2D eigenvalue weighted by Gasteiger charge is 2.21. The van der Waals surface area contributed by atoms with Gasteiger partial charge in [0.2, 0.25) is 0 Å². The van der Waals surface area contributed by atoms with Gasteiger partial charge >= 0.3 is 6.03 Å². The van der Waals surface area contributed by atoms with Crippen LogP contribution < -0.4 is 20.7 Å². The van der Waals surface area contributed by atoms with Crippen molar-refractivity contribution in [1.29, 1.82) is 0 Å². The third-order valence-corrected chi connectivity index (χ3v) is 4.00. The number of hydrogen-bond donors (Lipinski definition) is 3. The van der Waals surface area contributed by atoms with Crippen molar-refractivity contribution >= 4 is 17.6 Å². The van der Waals surface area contributed by atoms with Gasteiger partial charge in [-0.05, 0) is 30.5 Å². The largest absolute Gasteiger partial charge is 0.496 e. The van der Waals surface area contributed by atoms with Crippen molar-refractivity contribution in [2.75, 3.05) is 19.5 Å². The molecule has 0 unspecified atom stereocenters. The van der Waals surface area contributed by atoms with Crippen LogP contribution in [0.3, 0.4) is 0 Å². The molecule has 0 radical (unpaired) electrons. The molecular formula is C18H26N6O3. The minimum atomic E-state index is -0.392. The van der Waals surface area contributed by atoms with Crippen LogP contribution in [0.4, 0.5) is 10.5 Å². The average molecular weight is 374 g/mol. The fraction of sp³-hybridized carbons (Fsp3) is 0.444. The first-order valence-electron chi connectivity index (χ1n) is 8.67. The first kappa shape index (κ1) is 20.2. The van der Waals surface area contributed by atoms with Crippen LogP contribution in [-0.4, -0.2) is 40.9 Å². The maximum absolute atomic E-state index is 12.5. The average Bonchev–Trinajstić information content (AvgIpc) is 3.06. The molecule has 1 heterocycles. The number of aromatic nitrogens is 3. The molecule has 0 saturated carbocycles. The molecule has 9 heteroatoms. The summed E-state index contributed by atoms with van der Waals surface area (Å²) in [6.45, 7) is 4.14. The van der Waals surface area contributed by atoms with E-state index >= 15 is 0 Å². The number of urea groups is 1. The van der Waals surface area contributed by atoms with Gasteiger partial charge in [0, 0.05) is 19.8 Å². The van der Waals surface area contributed by atoms with E-state index in [-0.39, 0.29) is 11.9 Å². The molecule has 1 atom stereocenters. The number of aryl methyl sites for hydroxylation is 1. The molecular weight excluding hydrogens is 348 g/mol. The summed E-state index contributed by atoms with van der Waals surface area (Å²) in [6, 6.07) is 4.20. The van der Waals surface area contributed by atoms with Crippen molar-refractivity contribution in [3.63, 3.8) is 0 Å². The lowest BCUT2D eigenvalue weighted by Gasteiger charge is -2.20. The Morgan fingerprint density at radius 2 is 2.04 bits per heavy atom. The van der Waals surface area contributed by atoms with E-state index < -0.39 is 6.03 Å².